The Morgan fingerprint density at radius 1 is 1.17 bits per heavy atom. The molecule has 3 aromatic rings. The van der Waals surface area contributed by atoms with Crippen LogP contribution >= 0.6 is 0 Å². The summed E-state index contributed by atoms with van der Waals surface area (Å²) in [6.45, 7) is 0.528. The van der Waals surface area contributed by atoms with E-state index in [-0.39, 0.29) is 11.7 Å². The van der Waals surface area contributed by atoms with Gasteiger partial charge in [0.15, 0.2) is 0 Å². The van der Waals surface area contributed by atoms with Gasteiger partial charge in [-0.05, 0) is 37.1 Å². The molecule has 5 nitrogen and oxygen atoms in total. The molecule has 0 saturated carbocycles. The molecule has 2 aromatic heterocycles. The number of pyridine rings is 1. The summed E-state index contributed by atoms with van der Waals surface area (Å²) in [6, 6.07) is 11.4. The zero-order chi connectivity index (χ0) is 15.8. The van der Waals surface area contributed by atoms with Gasteiger partial charge in [-0.15, -0.1) is 0 Å². The standard InChI is InChI=1S/C18H17N3O2/c22-13-5-7-17-20-16-11-12(15-3-1-2-9-19-15)4-6-14(16)18(23)21(17)10-8-13/h1-4,6,9,11,13,22H,5,7-8,10H2. The Morgan fingerprint density at radius 3 is 2.91 bits per heavy atom. The fraction of sp³-hybridized carbons (Fsp3) is 0.278. The molecule has 1 aliphatic heterocycles. The van der Waals surface area contributed by atoms with Crippen molar-refractivity contribution in [3.8, 4) is 11.3 Å². The minimum atomic E-state index is -0.358. The van der Waals surface area contributed by atoms with Gasteiger partial charge in [-0.3, -0.25) is 14.3 Å². The summed E-state index contributed by atoms with van der Waals surface area (Å²) in [5.74, 6) is 0.761. The number of aromatic nitrogens is 3. The first kappa shape index (κ1) is 14.1. The van der Waals surface area contributed by atoms with Gasteiger partial charge in [-0.2, -0.15) is 0 Å². The summed E-state index contributed by atoms with van der Waals surface area (Å²) in [7, 11) is 0. The summed E-state index contributed by atoms with van der Waals surface area (Å²) < 4.78 is 1.71. The van der Waals surface area contributed by atoms with Crippen LogP contribution in [-0.2, 0) is 13.0 Å². The van der Waals surface area contributed by atoms with Crippen molar-refractivity contribution in [1.82, 2.24) is 14.5 Å². The average molecular weight is 307 g/mol. The molecule has 5 heteroatoms. The van der Waals surface area contributed by atoms with Crippen LogP contribution in [-0.4, -0.2) is 25.7 Å². The van der Waals surface area contributed by atoms with Gasteiger partial charge in [0.05, 0.1) is 22.7 Å². The molecule has 0 spiro atoms. The third-order valence-corrected chi connectivity index (χ3v) is 4.38. The molecule has 1 aromatic carbocycles. The zero-order valence-electron chi connectivity index (χ0n) is 12.6. The van der Waals surface area contributed by atoms with Crippen LogP contribution in [0.15, 0.2) is 47.4 Å². The SMILES string of the molecule is O=c1c2ccc(-c3ccccn3)cc2nc2n1CCC(O)CC2. The second-order valence-corrected chi connectivity index (χ2v) is 5.91. The Morgan fingerprint density at radius 2 is 2.09 bits per heavy atom. The first-order chi connectivity index (χ1) is 11.2. The van der Waals surface area contributed by atoms with Gasteiger partial charge in [-0.1, -0.05) is 12.1 Å². The second-order valence-electron chi connectivity index (χ2n) is 5.91. The minimum Gasteiger partial charge on any atom is -0.393 e. The van der Waals surface area contributed by atoms with E-state index in [1.54, 1.807) is 10.8 Å². The van der Waals surface area contributed by atoms with Crippen LogP contribution in [0.1, 0.15) is 18.7 Å². The van der Waals surface area contributed by atoms with E-state index in [9.17, 15) is 9.90 Å². The van der Waals surface area contributed by atoms with E-state index < -0.39 is 0 Å². The molecule has 1 unspecified atom stereocenters. The molecule has 23 heavy (non-hydrogen) atoms. The third kappa shape index (κ3) is 2.53. The molecule has 0 fully saturated rings. The van der Waals surface area contributed by atoms with Crippen LogP contribution in [0.2, 0.25) is 0 Å². The molecule has 4 rings (SSSR count). The molecule has 0 radical (unpaired) electrons. The van der Waals surface area contributed by atoms with E-state index in [0.717, 1.165) is 17.1 Å². The van der Waals surface area contributed by atoms with Gasteiger partial charge in [0, 0.05) is 24.7 Å². The molecule has 0 amide bonds. The molecule has 0 saturated heterocycles. The fourth-order valence-corrected chi connectivity index (χ4v) is 3.10. The number of aliphatic hydroxyl groups excluding tert-OH is 1. The van der Waals surface area contributed by atoms with E-state index in [4.69, 9.17) is 0 Å². The van der Waals surface area contributed by atoms with E-state index in [2.05, 4.69) is 9.97 Å². The fourth-order valence-electron chi connectivity index (χ4n) is 3.10. The zero-order valence-corrected chi connectivity index (χ0v) is 12.6. The highest BCUT2D eigenvalue weighted by Crippen LogP contribution is 2.21. The number of rotatable bonds is 1. The first-order valence-corrected chi connectivity index (χ1v) is 7.85. The normalized spacial score (nSPS) is 17.7. The van der Waals surface area contributed by atoms with Crippen LogP contribution in [0.25, 0.3) is 22.2 Å². The van der Waals surface area contributed by atoms with E-state index in [1.165, 1.54) is 0 Å². The molecule has 116 valence electrons. The highest BCUT2D eigenvalue weighted by molar-refractivity contribution is 5.83. The Labute approximate surface area is 133 Å². The smallest absolute Gasteiger partial charge is 0.261 e. The summed E-state index contributed by atoms with van der Waals surface area (Å²) in [5, 5.41) is 10.4. The largest absolute Gasteiger partial charge is 0.393 e. The Balaban J connectivity index is 1.88. The second kappa shape index (κ2) is 5.59. The number of aliphatic hydroxyl groups is 1. The maximum Gasteiger partial charge on any atom is 0.261 e. The van der Waals surface area contributed by atoms with Crippen LogP contribution < -0.4 is 5.56 Å². The predicted molar refractivity (Wildman–Crippen MR) is 88.2 cm³/mol. The summed E-state index contributed by atoms with van der Waals surface area (Å²) in [5.41, 5.74) is 2.48. The molecule has 3 heterocycles. The van der Waals surface area contributed by atoms with Crippen molar-refractivity contribution in [3.63, 3.8) is 0 Å². The Hall–Kier alpha value is -2.53. The van der Waals surface area contributed by atoms with Crippen molar-refractivity contribution in [2.24, 2.45) is 0 Å². The summed E-state index contributed by atoms with van der Waals surface area (Å²) in [6.07, 6.45) is 3.27. The first-order valence-electron chi connectivity index (χ1n) is 7.85. The average Bonchev–Trinajstić information content (AvgIpc) is 2.78. The lowest BCUT2D eigenvalue weighted by Gasteiger charge is -2.10. The Kier molecular flexibility index (Phi) is 3.42. The third-order valence-electron chi connectivity index (χ3n) is 4.38. The monoisotopic (exact) mass is 307 g/mol. The van der Waals surface area contributed by atoms with Gasteiger partial charge in [0.2, 0.25) is 0 Å². The number of benzene rings is 1. The van der Waals surface area contributed by atoms with Crippen LogP contribution in [0.5, 0.6) is 0 Å². The van der Waals surface area contributed by atoms with E-state index >= 15 is 0 Å². The van der Waals surface area contributed by atoms with Gasteiger partial charge < -0.3 is 5.11 Å². The minimum absolute atomic E-state index is 0.0216. The van der Waals surface area contributed by atoms with Crippen molar-refractivity contribution < 1.29 is 5.11 Å². The molecular weight excluding hydrogens is 290 g/mol. The predicted octanol–water partition coefficient (Wildman–Crippen LogP) is 2.16. The van der Waals surface area contributed by atoms with Crippen molar-refractivity contribution in [2.45, 2.75) is 31.9 Å². The molecule has 0 bridgehead atoms. The lowest BCUT2D eigenvalue weighted by atomic mass is 10.1. The molecule has 1 aliphatic rings. The van der Waals surface area contributed by atoms with Gasteiger partial charge in [-0.25, -0.2) is 4.98 Å². The van der Waals surface area contributed by atoms with E-state index in [0.29, 0.717) is 36.7 Å². The van der Waals surface area contributed by atoms with Gasteiger partial charge in [0.1, 0.15) is 5.82 Å². The van der Waals surface area contributed by atoms with Gasteiger partial charge >= 0.3 is 0 Å². The maximum atomic E-state index is 12.7. The highest BCUT2D eigenvalue weighted by Gasteiger charge is 2.18. The topological polar surface area (TPSA) is 68.0 Å². The maximum absolute atomic E-state index is 12.7. The van der Waals surface area contributed by atoms with Gasteiger partial charge in [0.25, 0.3) is 5.56 Å². The molecule has 0 aliphatic carbocycles. The number of fused-ring (bicyclic) bond motifs is 2. The van der Waals surface area contributed by atoms with Crippen molar-refractivity contribution in [2.75, 3.05) is 0 Å². The number of nitrogens with zero attached hydrogens (tertiary/aromatic N) is 3. The molecule has 1 atom stereocenters. The highest BCUT2D eigenvalue weighted by atomic mass is 16.3. The van der Waals surface area contributed by atoms with Crippen LogP contribution in [0.4, 0.5) is 0 Å². The van der Waals surface area contributed by atoms with Crippen molar-refractivity contribution in [1.29, 1.82) is 0 Å². The Bertz CT molecular complexity index is 919. The lowest BCUT2D eigenvalue weighted by molar-refractivity contribution is 0.155. The number of aryl methyl sites for hydroxylation is 1. The summed E-state index contributed by atoms with van der Waals surface area (Å²) >= 11 is 0. The lowest BCUT2D eigenvalue weighted by Crippen LogP contribution is -2.24. The molecular formula is C18H17N3O2. The number of hydrogen-bond donors (Lipinski definition) is 1. The molecule has 1 N–H and O–H groups in total. The van der Waals surface area contributed by atoms with Crippen LogP contribution in [0, 0.1) is 0 Å². The number of hydrogen-bond acceptors (Lipinski definition) is 4. The summed E-state index contributed by atoms with van der Waals surface area (Å²) in [4.78, 5) is 21.7. The van der Waals surface area contributed by atoms with Crippen molar-refractivity contribution >= 4 is 10.9 Å². The van der Waals surface area contributed by atoms with Crippen LogP contribution in [0.3, 0.4) is 0 Å². The van der Waals surface area contributed by atoms with Crippen molar-refractivity contribution in [3.05, 3.63) is 58.8 Å². The van der Waals surface area contributed by atoms with E-state index in [1.807, 2.05) is 36.4 Å². The quantitative estimate of drug-likeness (QED) is 0.748.